The lowest BCUT2D eigenvalue weighted by Gasteiger charge is -2.10. The predicted molar refractivity (Wildman–Crippen MR) is 75.7 cm³/mol. The minimum atomic E-state index is -0.910. The number of alkyl halides is 1. The number of rotatable bonds is 4. The van der Waals surface area contributed by atoms with Crippen molar-refractivity contribution in [3.63, 3.8) is 0 Å². The first kappa shape index (κ1) is 14.3. The van der Waals surface area contributed by atoms with E-state index in [1.165, 1.54) is 7.11 Å². The van der Waals surface area contributed by atoms with Crippen molar-refractivity contribution >= 4 is 34.4 Å². The highest BCUT2D eigenvalue weighted by Gasteiger charge is 2.18. The van der Waals surface area contributed by atoms with E-state index in [9.17, 15) is 9.59 Å². The van der Waals surface area contributed by atoms with Crippen molar-refractivity contribution in [2.45, 2.75) is 5.38 Å². The summed E-state index contributed by atoms with van der Waals surface area (Å²) in [7, 11) is 1.24. The third-order valence-corrected chi connectivity index (χ3v) is 3.11. The van der Waals surface area contributed by atoms with Gasteiger partial charge in [0, 0.05) is 18.1 Å². The highest BCUT2D eigenvalue weighted by atomic mass is 35.5. The summed E-state index contributed by atoms with van der Waals surface area (Å²) < 4.78 is 4.49. The molecule has 1 unspecified atom stereocenters. The number of para-hydroxylation sites is 1. The zero-order valence-electron chi connectivity index (χ0n) is 10.8. The number of esters is 1. The van der Waals surface area contributed by atoms with Crippen LogP contribution in [0.1, 0.15) is 10.4 Å². The van der Waals surface area contributed by atoms with Crippen LogP contribution >= 0.6 is 11.6 Å². The Bertz CT molecular complexity index is 640. The highest BCUT2D eigenvalue weighted by Crippen LogP contribution is 2.15. The Morgan fingerprint density at radius 2 is 2.10 bits per heavy atom. The molecule has 0 bridgehead atoms. The van der Waals surface area contributed by atoms with Crippen LogP contribution in [0.5, 0.6) is 0 Å². The number of nitrogens with zero attached hydrogens (tertiary/aromatic N) is 1. The first-order valence-electron chi connectivity index (χ1n) is 5.97. The Balaban J connectivity index is 2.14. The summed E-state index contributed by atoms with van der Waals surface area (Å²) in [5.74, 6) is -0.910. The summed E-state index contributed by atoms with van der Waals surface area (Å²) in [6, 6.07) is 9.00. The number of carbonyl (C=O) groups is 2. The zero-order valence-corrected chi connectivity index (χ0v) is 11.6. The van der Waals surface area contributed by atoms with Gasteiger partial charge in [-0.1, -0.05) is 18.2 Å². The lowest BCUT2D eigenvalue weighted by atomic mass is 10.1. The molecule has 20 heavy (non-hydrogen) atoms. The fourth-order valence-electron chi connectivity index (χ4n) is 1.78. The van der Waals surface area contributed by atoms with Crippen molar-refractivity contribution in [2.75, 3.05) is 13.7 Å². The molecule has 0 fully saturated rings. The van der Waals surface area contributed by atoms with Crippen LogP contribution < -0.4 is 5.32 Å². The lowest BCUT2D eigenvalue weighted by Crippen LogP contribution is -2.34. The third kappa shape index (κ3) is 3.05. The fraction of sp³-hybridized carbons (Fsp3) is 0.214. The van der Waals surface area contributed by atoms with Crippen LogP contribution in [0.3, 0.4) is 0 Å². The first-order chi connectivity index (χ1) is 9.63. The van der Waals surface area contributed by atoms with Gasteiger partial charge in [-0.3, -0.25) is 14.6 Å². The van der Waals surface area contributed by atoms with E-state index in [0.717, 1.165) is 5.39 Å². The third-order valence-electron chi connectivity index (χ3n) is 2.78. The van der Waals surface area contributed by atoms with E-state index < -0.39 is 11.3 Å². The molecule has 6 heteroatoms. The number of pyridine rings is 1. The molecule has 5 nitrogen and oxygen atoms in total. The van der Waals surface area contributed by atoms with E-state index >= 15 is 0 Å². The van der Waals surface area contributed by atoms with Crippen LogP contribution in [0.4, 0.5) is 0 Å². The molecule has 2 aromatic rings. The maximum absolute atomic E-state index is 12.1. The van der Waals surface area contributed by atoms with Gasteiger partial charge < -0.3 is 10.1 Å². The van der Waals surface area contributed by atoms with E-state index in [4.69, 9.17) is 11.6 Å². The smallest absolute Gasteiger partial charge is 0.325 e. The van der Waals surface area contributed by atoms with Crippen LogP contribution in [0.2, 0.25) is 0 Å². The summed E-state index contributed by atoms with van der Waals surface area (Å²) in [6.45, 7) is -0.00369. The normalized spacial score (nSPS) is 11.9. The van der Waals surface area contributed by atoms with Crippen LogP contribution in [0.15, 0.2) is 36.5 Å². The molecule has 0 spiro atoms. The second-order valence-corrected chi connectivity index (χ2v) is 4.61. The number of halogens is 1. The average Bonchev–Trinajstić information content (AvgIpc) is 2.50. The van der Waals surface area contributed by atoms with Crippen molar-refractivity contribution in [2.24, 2.45) is 0 Å². The van der Waals surface area contributed by atoms with Gasteiger partial charge in [-0.25, -0.2) is 0 Å². The molecule has 0 saturated carbocycles. The maximum atomic E-state index is 12.1. The SMILES string of the molecule is COC(=O)C(Cl)CNC(=O)c1cccc2cccnc12. The van der Waals surface area contributed by atoms with Crippen LogP contribution in [-0.2, 0) is 9.53 Å². The largest absolute Gasteiger partial charge is 0.468 e. The Kier molecular flexibility index (Phi) is 4.53. The number of ether oxygens (including phenoxy) is 1. The van der Waals surface area contributed by atoms with Gasteiger partial charge in [0.1, 0.15) is 5.38 Å². The van der Waals surface area contributed by atoms with E-state index in [-0.39, 0.29) is 12.5 Å². The second-order valence-electron chi connectivity index (χ2n) is 4.08. The number of nitrogens with one attached hydrogen (secondary N) is 1. The molecular weight excluding hydrogens is 280 g/mol. The number of amides is 1. The van der Waals surface area contributed by atoms with Gasteiger partial charge >= 0.3 is 5.97 Å². The minimum Gasteiger partial charge on any atom is -0.468 e. The number of aromatic nitrogens is 1. The number of fused-ring (bicyclic) bond motifs is 1. The summed E-state index contributed by atoms with van der Waals surface area (Å²) >= 11 is 5.78. The molecule has 0 saturated heterocycles. The van der Waals surface area contributed by atoms with E-state index in [0.29, 0.717) is 11.1 Å². The molecule has 1 aromatic heterocycles. The number of hydrogen-bond acceptors (Lipinski definition) is 4. The Morgan fingerprint density at radius 1 is 1.35 bits per heavy atom. The maximum Gasteiger partial charge on any atom is 0.325 e. The predicted octanol–water partition coefficient (Wildman–Crippen LogP) is 1.74. The minimum absolute atomic E-state index is 0.00369. The van der Waals surface area contributed by atoms with Crippen LogP contribution in [0.25, 0.3) is 10.9 Å². The van der Waals surface area contributed by atoms with Gasteiger partial charge in [0.2, 0.25) is 0 Å². The second kappa shape index (κ2) is 6.34. The number of benzene rings is 1. The summed E-state index contributed by atoms with van der Waals surface area (Å²) in [5.41, 5.74) is 1.05. The van der Waals surface area contributed by atoms with Gasteiger partial charge in [-0.05, 0) is 12.1 Å². The van der Waals surface area contributed by atoms with Crippen LogP contribution in [0, 0.1) is 0 Å². The zero-order chi connectivity index (χ0) is 14.5. The van der Waals surface area contributed by atoms with Crippen molar-refractivity contribution in [1.82, 2.24) is 10.3 Å². The molecule has 1 atom stereocenters. The van der Waals surface area contributed by atoms with Gasteiger partial charge in [0.05, 0.1) is 18.2 Å². The van der Waals surface area contributed by atoms with Crippen molar-refractivity contribution in [3.8, 4) is 0 Å². The molecule has 0 aliphatic heterocycles. The molecule has 1 aromatic carbocycles. The summed E-state index contributed by atoms with van der Waals surface area (Å²) in [6.07, 6.45) is 1.62. The van der Waals surface area contributed by atoms with Gasteiger partial charge in [-0.15, -0.1) is 11.6 Å². The lowest BCUT2D eigenvalue weighted by molar-refractivity contribution is -0.140. The Labute approximate surface area is 120 Å². The highest BCUT2D eigenvalue weighted by molar-refractivity contribution is 6.30. The van der Waals surface area contributed by atoms with Gasteiger partial charge in [0.25, 0.3) is 5.91 Å². The van der Waals surface area contributed by atoms with Crippen molar-refractivity contribution < 1.29 is 14.3 Å². The Morgan fingerprint density at radius 3 is 2.85 bits per heavy atom. The van der Waals surface area contributed by atoms with Crippen molar-refractivity contribution in [3.05, 3.63) is 42.1 Å². The average molecular weight is 293 g/mol. The van der Waals surface area contributed by atoms with E-state index in [1.54, 1.807) is 24.4 Å². The van der Waals surface area contributed by atoms with E-state index in [2.05, 4.69) is 15.0 Å². The molecule has 1 N–H and O–H groups in total. The molecular formula is C14H13ClN2O3. The van der Waals surface area contributed by atoms with E-state index in [1.807, 2.05) is 12.1 Å². The topological polar surface area (TPSA) is 68.3 Å². The molecule has 104 valence electrons. The monoisotopic (exact) mass is 292 g/mol. The van der Waals surface area contributed by atoms with Crippen molar-refractivity contribution in [1.29, 1.82) is 0 Å². The van der Waals surface area contributed by atoms with Gasteiger partial charge in [0.15, 0.2) is 0 Å². The molecule has 0 radical (unpaired) electrons. The number of methoxy groups -OCH3 is 1. The Hall–Kier alpha value is -2.14. The summed E-state index contributed by atoms with van der Waals surface area (Å²) in [5, 5.41) is 2.55. The molecule has 2 rings (SSSR count). The molecule has 0 aliphatic rings. The molecule has 0 aliphatic carbocycles. The first-order valence-corrected chi connectivity index (χ1v) is 6.41. The number of hydrogen-bond donors (Lipinski definition) is 1. The molecule has 1 heterocycles. The van der Waals surface area contributed by atoms with Crippen LogP contribution in [-0.4, -0.2) is 35.9 Å². The fourth-order valence-corrected chi connectivity index (χ4v) is 1.94. The van der Waals surface area contributed by atoms with Gasteiger partial charge in [-0.2, -0.15) is 0 Å². The summed E-state index contributed by atoms with van der Waals surface area (Å²) in [4.78, 5) is 27.5. The number of carbonyl (C=O) groups excluding carboxylic acids is 2. The quantitative estimate of drug-likeness (QED) is 0.688. The standard InChI is InChI=1S/C14H13ClN2O3/c1-20-14(19)11(15)8-17-13(18)10-6-2-4-9-5-3-7-16-12(9)10/h2-7,11H,8H2,1H3,(H,17,18). The molecule has 1 amide bonds.